The van der Waals surface area contributed by atoms with Crippen molar-refractivity contribution in [2.45, 2.75) is 13.3 Å². The predicted molar refractivity (Wildman–Crippen MR) is 71.4 cm³/mol. The normalized spacial score (nSPS) is 10.4. The fourth-order valence-electron chi connectivity index (χ4n) is 1.54. The van der Waals surface area contributed by atoms with E-state index in [0.717, 1.165) is 17.7 Å². The van der Waals surface area contributed by atoms with Crippen LogP contribution in [0.5, 0.6) is 5.88 Å². The Kier molecular flexibility index (Phi) is 6.93. The van der Waals surface area contributed by atoms with Crippen molar-refractivity contribution < 1.29 is 33.3 Å². The molecule has 2 heterocycles. The van der Waals surface area contributed by atoms with Crippen LogP contribution in [0.1, 0.15) is 13.3 Å². The van der Waals surface area contributed by atoms with E-state index in [4.69, 9.17) is 4.74 Å². The van der Waals surface area contributed by atoms with Gasteiger partial charge in [0.2, 0.25) is 0 Å². The van der Waals surface area contributed by atoms with E-state index < -0.39 is 0 Å². The number of rotatable bonds is 5. The molecule has 2 aromatic rings. The number of aryl methyl sites for hydroxylation is 1. The van der Waals surface area contributed by atoms with Gasteiger partial charge in [-0.3, -0.25) is 0 Å². The number of pyridine rings is 1. The van der Waals surface area contributed by atoms with Crippen molar-refractivity contribution in [2.24, 2.45) is 7.05 Å². The summed E-state index contributed by atoms with van der Waals surface area (Å²) in [5, 5.41) is 0. The molecule has 0 fully saturated rings. The van der Waals surface area contributed by atoms with Gasteiger partial charge in [0.1, 0.15) is 13.7 Å². The van der Waals surface area contributed by atoms with Gasteiger partial charge in [-0.05, 0) is 12.5 Å². The molecule has 0 aliphatic carbocycles. The lowest BCUT2D eigenvalue weighted by Gasteiger charge is -2.01. The monoisotopic (exact) mass is 389 g/mol. The first-order valence-electron chi connectivity index (χ1n) is 5.87. The van der Waals surface area contributed by atoms with Crippen LogP contribution in [0.25, 0.3) is 11.3 Å². The number of allylic oxidation sites excluding steroid dienone is 1. The molecule has 0 saturated carbocycles. The van der Waals surface area contributed by atoms with E-state index in [9.17, 15) is 0 Å². The maximum Gasteiger partial charge on any atom is 0.254 e. The van der Waals surface area contributed by atoms with E-state index in [1.165, 1.54) is 11.7 Å². The quantitative estimate of drug-likeness (QED) is 0.389. The minimum atomic E-state index is 0. The maximum absolute atomic E-state index is 5.61. The summed E-state index contributed by atoms with van der Waals surface area (Å²) in [6, 6.07) is 3.99. The fraction of sp³-hybridized carbons (Fsp3) is 0.308. The second-order valence-corrected chi connectivity index (χ2v) is 4.40. The number of halogens is 1. The Hall–Kier alpha value is -1.02. The minimum Gasteiger partial charge on any atom is -1.00 e. The van der Waals surface area contributed by atoms with Crippen LogP contribution in [-0.4, -0.2) is 15.4 Å². The van der Waals surface area contributed by atoms with Crippen LogP contribution >= 0.6 is 11.7 Å². The van der Waals surface area contributed by atoms with Gasteiger partial charge < -0.3 is 28.7 Å². The largest absolute Gasteiger partial charge is 1.00 e. The highest BCUT2D eigenvalue weighted by atomic mass is 127. The van der Waals surface area contributed by atoms with Crippen molar-refractivity contribution in [3.8, 4) is 17.1 Å². The molecule has 0 saturated heterocycles. The molecule has 0 aliphatic rings. The summed E-state index contributed by atoms with van der Waals surface area (Å²) in [6.07, 6.45) is 9.06. The van der Waals surface area contributed by atoms with Gasteiger partial charge in [-0.15, -0.1) is 4.37 Å². The molecule has 102 valence electrons. The highest BCUT2D eigenvalue weighted by molar-refractivity contribution is 6.99. The van der Waals surface area contributed by atoms with Gasteiger partial charge in [0, 0.05) is 6.07 Å². The smallest absolute Gasteiger partial charge is 0.254 e. The first-order valence-corrected chi connectivity index (χ1v) is 6.60. The molecular weight excluding hydrogens is 373 g/mol. The van der Waals surface area contributed by atoms with Crippen molar-refractivity contribution in [1.29, 1.82) is 0 Å². The molecule has 0 N–H and O–H groups in total. The van der Waals surface area contributed by atoms with E-state index in [1.54, 1.807) is 0 Å². The van der Waals surface area contributed by atoms with Gasteiger partial charge in [-0.25, -0.2) is 4.57 Å². The zero-order valence-corrected chi connectivity index (χ0v) is 13.9. The van der Waals surface area contributed by atoms with Crippen LogP contribution in [0.15, 0.2) is 36.7 Å². The molecule has 19 heavy (non-hydrogen) atoms. The zero-order valence-electron chi connectivity index (χ0n) is 10.9. The van der Waals surface area contributed by atoms with E-state index in [2.05, 4.69) is 21.7 Å². The number of nitrogens with zero attached hydrogens (tertiary/aromatic N) is 3. The molecule has 0 aliphatic heterocycles. The lowest BCUT2D eigenvalue weighted by molar-refractivity contribution is -0.671. The Balaban J connectivity index is 0.00000180. The topological polar surface area (TPSA) is 38.9 Å². The van der Waals surface area contributed by atoms with Crippen LogP contribution in [0.3, 0.4) is 0 Å². The number of hydrogen-bond donors (Lipinski definition) is 0. The highest BCUT2D eigenvalue weighted by Crippen LogP contribution is 2.26. The molecule has 0 radical (unpaired) electrons. The zero-order chi connectivity index (χ0) is 12.8. The molecule has 4 nitrogen and oxygen atoms in total. The Labute approximate surface area is 134 Å². The Morgan fingerprint density at radius 3 is 2.95 bits per heavy atom. The number of hydrogen-bond acceptors (Lipinski definition) is 4. The van der Waals surface area contributed by atoms with Gasteiger partial charge in [0.15, 0.2) is 18.1 Å². The van der Waals surface area contributed by atoms with Crippen molar-refractivity contribution in [1.82, 2.24) is 8.75 Å². The summed E-state index contributed by atoms with van der Waals surface area (Å²) < 4.78 is 16.1. The van der Waals surface area contributed by atoms with E-state index in [0.29, 0.717) is 12.5 Å². The Morgan fingerprint density at radius 2 is 2.21 bits per heavy atom. The molecule has 0 bridgehead atoms. The van der Waals surface area contributed by atoms with Crippen LogP contribution < -0.4 is 33.3 Å². The van der Waals surface area contributed by atoms with Gasteiger partial charge >= 0.3 is 0 Å². The number of ether oxygens (including phenoxy) is 1. The molecule has 2 aromatic heterocycles. The number of aromatic nitrogens is 3. The third kappa shape index (κ3) is 4.54. The predicted octanol–water partition coefficient (Wildman–Crippen LogP) is -0.621. The van der Waals surface area contributed by atoms with Crippen molar-refractivity contribution in [3.05, 3.63) is 36.7 Å². The molecule has 6 heteroatoms. The SMILES string of the molecule is CC/C=C\COc1nsnc1-c1ccc[n+](C)c1.[I-]. The lowest BCUT2D eigenvalue weighted by Crippen LogP contribution is -3.00. The Bertz CT molecular complexity index is 542. The molecular formula is C13H16IN3OS. The third-order valence-corrected chi connectivity index (χ3v) is 2.90. The average molecular weight is 389 g/mol. The minimum absolute atomic E-state index is 0. The molecule has 0 aromatic carbocycles. The summed E-state index contributed by atoms with van der Waals surface area (Å²) in [4.78, 5) is 0. The van der Waals surface area contributed by atoms with Crippen molar-refractivity contribution in [2.75, 3.05) is 6.61 Å². The summed E-state index contributed by atoms with van der Waals surface area (Å²) in [7, 11) is 1.98. The second kappa shape index (κ2) is 8.21. The summed E-state index contributed by atoms with van der Waals surface area (Å²) in [5.74, 6) is 0.604. The van der Waals surface area contributed by atoms with E-state index in [-0.39, 0.29) is 24.0 Å². The van der Waals surface area contributed by atoms with Crippen LogP contribution in [-0.2, 0) is 7.05 Å². The third-order valence-electron chi connectivity index (χ3n) is 2.39. The van der Waals surface area contributed by atoms with Crippen LogP contribution in [0, 0.1) is 0 Å². The highest BCUT2D eigenvalue weighted by Gasteiger charge is 2.13. The summed E-state index contributed by atoms with van der Waals surface area (Å²) in [6.45, 7) is 2.63. The maximum atomic E-state index is 5.61. The summed E-state index contributed by atoms with van der Waals surface area (Å²) >= 11 is 1.17. The van der Waals surface area contributed by atoms with Crippen molar-refractivity contribution in [3.63, 3.8) is 0 Å². The van der Waals surface area contributed by atoms with Crippen LogP contribution in [0.2, 0.25) is 0 Å². The summed E-state index contributed by atoms with van der Waals surface area (Å²) in [5.41, 5.74) is 1.82. The standard InChI is InChI=1S/C13H16N3OS.HI/c1-3-4-5-9-17-13-12(14-18-15-13)11-7-6-8-16(2)10-11;/h4-8,10H,3,9H2,1-2H3;1H/q+1;/p-1/b5-4-;. The van der Waals surface area contributed by atoms with Gasteiger partial charge in [-0.1, -0.05) is 19.1 Å². The van der Waals surface area contributed by atoms with Crippen molar-refractivity contribution >= 4 is 11.7 Å². The van der Waals surface area contributed by atoms with E-state index >= 15 is 0 Å². The molecule has 0 amide bonds. The van der Waals surface area contributed by atoms with Gasteiger partial charge in [0.05, 0.1) is 17.3 Å². The van der Waals surface area contributed by atoms with Gasteiger partial charge in [-0.2, -0.15) is 4.37 Å². The van der Waals surface area contributed by atoms with Gasteiger partial charge in [0.25, 0.3) is 5.88 Å². The van der Waals surface area contributed by atoms with Crippen LogP contribution in [0.4, 0.5) is 0 Å². The molecule has 2 rings (SSSR count). The Morgan fingerprint density at radius 1 is 1.37 bits per heavy atom. The fourth-order valence-corrected chi connectivity index (χ4v) is 2.06. The molecule has 0 atom stereocenters. The average Bonchev–Trinajstić information content (AvgIpc) is 2.83. The first kappa shape index (κ1) is 16.0. The van der Waals surface area contributed by atoms with E-state index in [1.807, 2.05) is 42.2 Å². The lowest BCUT2D eigenvalue weighted by atomic mass is 10.2. The first-order chi connectivity index (χ1) is 8.81. The molecule has 0 spiro atoms. The second-order valence-electron chi connectivity index (χ2n) is 3.87. The molecule has 0 unspecified atom stereocenters.